The molecule has 4 unspecified atom stereocenters. The summed E-state index contributed by atoms with van der Waals surface area (Å²) >= 11 is 0. The molecule has 5 atom stereocenters. The zero-order chi connectivity index (χ0) is 21.9. The number of benzene rings is 1. The molecule has 30 heavy (non-hydrogen) atoms. The molecular weight excluding hydrogens is 384 g/mol. The van der Waals surface area contributed by atoms with E-state index in [0.717, 1.165) is 24.9 Å². The van der Waals surface area contributed by atoms with Crippen LogP contribution in [0.4, 0.5) is 0 Å². The van der Waals surface area contributed by atoms with E-state index in [2.05, 4.69) is 10.6 Å². The predicted molar refractivity (Wildman–Crippen MR) is 115 cm³/mol. The standard InChI is InChI=1S/C23H36N2O5/c1-16-13-18(20(26)15-21(16)30-12-8-7-11-24-2)22(27)25-19(23(28)29-3)14-17-9-5-4-6-10-17/h4-6,9-10,16,18-21,24,26H,7-8,11-15H2,1-3H3,(H,25,27)/t16?,18?,19-,20?,21?/m0/s1. The number of rotatable bonds is 11. The first-order valence-corrected chi connectivity index (χ1v) is 10.8. The zero-order valence-electron chi connectivity index (χ0n) is 18.3. The molecule has 0 heterocycles. The van der Waals surface area contributed by atoms with Crippen LogP contribution in [0.25, 0.3) is 0 Å². The van der Waals surface area contributed by atoms with Crippen LogP contribution < -0.4 is 10.6 Å². The van der Waals surface area contributed by atoms with Crippen molar-refractivity contribution in [2.24, 2.45) is 11.8 Å². The number of carbonyl (C=O) groups is 2. The van der Waals surface area contributed by atoms with Crippen molar-refractivity contribution in [2.45, 2.75) is 57.3 Å². The number of aliphatic hydroxyl groups excluding tert-OH is 1. The summed E-state index contributed by atoms with van der Waals surface area (Å²) in [5.41, 5.74) is 0.928. The van der Waals surface area contributed by atoms with Gasteiger partial charge in [0.05, 0.1) is 25.2 Å². The lowest BCUT2D eigenvalue weighted by atomic mass is 9.77. The highest BCUT2D eigenvalue weighted by Gasteiger charge is 2.39. The lowest BCUT2D eigenvalue weighted by Gasteiger charge is -2.37. The molecule has 0 aliphatic heterocycles. The number of amides is 1. The minimum atomic E-state index is -0.793. The Morgan fingerprint density at radius 1 is 1.20 bits per heavy atom. The van der Waals surface area contributed by atoms with Gasteiger partial charge in [-0.1, -0.05) is 37.3 Å². The molecule has 1 amide bonds. The van der Waals surface area contributed by atoms with Crippen molar-refractivity contribution in [3.05, 3.63) is 35.9 Å². The maximum absolute atomic E-state index is 12.9. The van der Waals surface area contributed by atoms with Gasteiger partial charge in [0.25, 0.3) is 0 Å². The lowest BCUT2D eigenvalue weighted by Crippen LogP contribution is -2.51. The largest absolute Gasteiger partial charge is 0.467 e. The first-order chi connectivity index (χ1) is 14.5. The fourth-order valence-electron chi connectivity index (χ4n) is 3.96. The van der Waals surface area contributed by atoms with Gasteiger partial charge in [-0.05, 0) is 44.3 Å². The molecule has 0 bridgehead atoms. The minimum Gasteiger partial charge on any atom is -0.467 e. The van der Waals surface area contributed by atoms with Gasteiger partial charge in [-0.2, -0.15) is 0 Å². The van der Waals surface area contributed by atoms with Crippen LogP contribution in [0.2, 0.25) is 0 Å². The van der Waals surface area contributed by atoms with Gasteiger partial charge in [0.1, 0.15) is 6.04 Å². The summed E-state index contributed by atoms with van der Waals surface area (Å²) in [5, 5.41) is 16.5. The second kappa shape index (κ2) is 12.7. The van der Waals surface area contributed by atoms with Crippen molar-refractivity contribution in [3.8, 4) is 0 Å². The molecule has 0 spiro atoms. The molecule has 7 nitrogen and oxygen atoms in total. The number of aliphatic hydroxyl groups is 1. The van der Waals surface area contributed by atoms with Crippen molar-refractivity contribution in [3.63, 3.8) is 0 Å². The van der Waals surface area contributed by atoms with Crippen molar-refractivity contribution in [2.75, 3.05) is 27.3 Å². The summed E-state index contributed by atoms with van der Waals surface area (Å²) in [5.74, 6) is -1.22. The van der Waals surface area contributed by atoms with Gasteiger partial charge in [-0.3, -0.25) is 4.79 Å². The van der Waals surface area contributed by atoms with E-state index >= 15 is 0 Å². The Balaban J connectivity index is 1.91. The quantitative estimate of drug-likeness (QED) is 0.372. The summed E-state index contributed by atoms with van der Waals surface area (Å²) in [6.45, 7) is 3.66. The molecule has 1 aromatic carbocycles. The number of carbonyl (C=O) groups excluding carboxylic acids is 2. The van der Waals surface area contributed by atoms with E-state index < -0.39 is 24.0 Å². The topological polar surface area (TPSA) is 96.9 Å². The second-order valence-electron chi connectivity index (χ2n) is 8.12. The maximum Gasteiger partial charge on any atom is 0.328 e. The SMILES string of the molecule is CNCCCCOC1CC(O)C(C(=O)N[C@@H](Cc2ccccc2)C(=O)OC)CC1C. The Morgan fingerprint density at radius 3 is 2.60 bits per heavy atom. The van der Waals surface area contributed by atoms with Crippen LogP contribution in [0, 0.1) is 11.8 Å². The molecule has 3 N–H and O–H groups in total. The predicted octanol–water partition coefficient (Wildman–Crippen LogP) is 1.68. The van der Waals surface area contributed by atoms with E-state index in [4.69, 9.17) is 9.47 Å². The number of esters is 1. The third-order valence-electron chi connectivity index (χ3n) is 5.77. The Morgan fingerprint density at radius 2 is 1.93 bits per heavy atom. The number of ether oxygens (including phenoxy) is 2. The summed E-state index contributed by atoms with van der Waals surface area (Å²) in [7, 11) is 3.23. The average Bonchev–Trinajstić information content (AvgIpc) is 2.75. The fraction of sp³-hybridized carbons (Fsp3) is 0.652. The van der Waals surface area contributed by atoms with Crippen LogP contribution >= 0.6 is 0 Å². The zero-order valence-corrected chi connectivity index (χ0v) is 18.3. The summed E-state index contributed by atoms with van der Waals surface area (Å²) in [6.07, 6.45) is 2.44. The molecule has 1 aliphatic carbocycles. The van der Waals surface area contributed by atoms with Crippen LogP contribution in [-0.2, 0) is 25.5 Å². The fourth-order valence-corrected chi connectivity index (χ4v) is 3.96. The molecule has 1 aliphatic rings. The molecule has 0 saturated heterocycles. The lowest BCUT2D eigenvalue weighted by molar-refractivity contribution is -0.148. The van der Waals surface area contributed by atoms with Crippen LogP contribution in [0.15, 0.2) is 30.3 Å². The highest BCUT2D eigenvalue weighted by atomic mass is 16.5. The molecule has 0 aromatic heterocycles. The van der Waals surface area contributed by atoms with Crippen molar-refractivity contribution in [1.82, 2.24) is 10.6 Å². The van der Waals surface area contributed by atoms with Crippen molar-refractivity contribution >= 4 is 11.9 Å². The van der Waals surface area contributed by atoms with Crippen LogP contribution in [0.1, 0.15) is 38.2 Å². The molecule has 2 rings (SSSR count). The highest BCUT2D eigenvalue weighted by molar-refractivity contribution is 5.86. The van der Waals surface area contributed by atoms with Crippen LogP contribution in [0.5, 0.6) is 0 Å². The molecule has 1 saturated carbocycles. The Kier molecular flexibility index (Phi) is 10.3. The van der Waals surface area contributed by atoms with Gasteiger partial charge >= 0.3 is 5.97 Å². The Bertz CT molecular complexity index is 654. The number of hydrogen-bond donors (Lipinski definition) is 3. The van der Waals surface area contributed by atoms with Crippen LogP contribution in [-0.4, -0.2) is 62.5 Å². The highest BCUT2D eigenvalue weighted by Crippen LogP contribution is 2.32. The van der Waals surface area contributed by atoms with E-state index in [1.807, 2.05) is 44.3 Å². The first-order valence-electron chi connectivity index (χ1n) is 10.8. The van der Waals surface area contributed by atoms with E-state index in [-0.39, 0.29) is 17.9 Å². The Hall–Kier alpha value is -1.96. The molecule has 1 fully saturated rings. The summed E-state index contributed by atoms with van der Waals surface area (Å²) < 4.78 is 10.8. The van der Waals surface area contributed by atoms with Gasteiger partial charge < -0.3 is 25.2 Å². The normalized spacial score (nSPS) is 24.8. The van der Waals surface area contributed by atoms with Crippen LogP contribution in [0.3, 0.4) is 0 Å². The molecule has 0 radical (unpaired) electrons. The summed E-state index contributed by atoms with van der Waals surface area (Å²) in [6, 6.07) is 8.69. The number of hydrogen-bond acceptors (Lipinski definition) is 6. The van der Waals surface area contributed by atoms with Gasteiger partial charge in [0.15, 0.2) is 0 Å². The smallest absolute Gasteiger partial charge is 0.328 e. The van der Waals surface area contributed by atoms with E-state index in [1.165, 1.54) is 7.11 Å². The van der Waals surface area contributed by atoms with Gasteiger partial charge in [-0.15, -0.1) is 0 Å². The number of methoxy groups -OCH3 is 1. The van der Waals surface area contributed by atoms with Gasteiger partial charge in [-0.25, -0.2) is 4.79 Å². The third-order valence-corrected chi connectivity index (χ3v) is 5.77. The first kappa shape index (κ1) is 24.3. The van der Waals surface area contributed by atoms with Gasteiger partial charge in [0, 0.05) is 19.4 Å². The minimum absolute atomic E-state index is 0.0561. The van der Waals surface area contributed by atoms with Crippen molar-refractivity contribution in [1.29, 1.82) is 0 Å². The molecular formula is C23H36N2O5. The van der Waals surface area contributed by atoms with Gasteiger partial charge in [0.2, 0.25) is 5.91 Å². The Labute approximate surface area is 179 Å². The molecule has 7 heteroatoms. The van der Waals surface area contributed by atoms with E-state index in [1.54, 1.807) is 0 Å². The van der Waals surface area contributed by atoms with E-state index in [9.17, 15) is 14.7 Å². The third kappa shape index (κ3) is 7.38. The molecule has 168 valence electrons. The monoisotopic (exact) mass is 420 g/mol. The maximum atomic E-state index is 12.9. The van der Waals surface area contributed by atoms with Crippen molar-refractivity contribution < 1.29 is 24.2 Å². The number of nitrogens with one attached hydrogen (secondary N) is 2. The number of unbranched alkanes of at least 4 members (excludes halogenated alkanes) is 1. The average molecular weight is 421 g/mol. The summed E-state index contributed by atoms with van der Waals surface area (Å²) in [4.78, 5) is 25.1. The van der Waals surface area contributed by atoms with E-state index in [0.29, 0.717) is 25.9 Å². The second-order valence-corrected chi connectivity index (χ2v) is 8.12. The molecule has 1 aromatic rings.